The van der Waals surface area contributed by atoms with E-state index in [0.717, 1.165) is 11.1 Å². The number of carbonyl (C=O) groups excluding carboxylic acids is 2. The van der Waals surface area contributed by atoms with Crippen molar-refractivity contribution >= 4 is 23.3 Å². The van der Waals surface area contributed by atoms with E-state index in [1.165, 1.54) is 0 Å². The summed E-state index contributed by atoms with van der Waals surface area (Å²) < 4.78 is 15.8. The van der Waals surface area contributed by atoms with E-state index in [2.05, 4.69) is 15.6 Å². The molecular formula is C32H39N3O7. The van der Waals surface area contributed by atoms with E-state index in [9.17, 15) is 19.8 Å². The van der Waals surface area contributed by atoms with Gasteiger partial charge in [0.25, 0.3) is 0 Å². The van der Waals surface area contributed by atoms with Crippen molar-refractivity contribution in [3.05, 3.63) is 102 Å². The average molecular weight is 578 g/mol. The van der Waals surface area contributed by atoms with Gasteiger partial charge in [0.05, 0.1) is 18.2 Å². The van der Waals surface area contributed by atoms with E-state index >= 15 is 0 Å². The van der Waals surface area contributed by atoms with Crippen LogP contribution in [-0.4, -0.2) is 45.6 Å². The third-order valence-electron chi connectivity index (χ3n) is 6.44. The Bertz CT molecular complexity index is 1330. The van der Waals surface area contributed by atoms with E-state index in [-0.39, 0.29) is 25.1 Å². The molecule has 3 aromatic carbocycles. The summed E-state index contributed by atoms with van der Waals surface area (Å²) in [5.74, 6) is 0.177. The van der Waals surface area contributed by atoms with Gasteiger partial charge in [-0.3, -0.25) is 0 Å². The lowest BCUT2D eigenvalue weighted by Gasteiger charge is -2.20. The number of carbonyl (C=O) groups is 2. The van der Waals surface area contributed by atoms with Crippen LogP contribution in [0.25, 0.3) is 11.1 Å². The van der Waals surface area contributed by atoms with Crippen molar-refractivity contribution in [2.24, 2.45) is 0 Å². The minimum atomic E-state index is -1.05. The lowest BCUT2D eigenvalue weighted by Crippen LogP contribution is -2.41. The number of benzene rings is 3. The Balaban J connectivity index is 0.000000250. The average Bonchev–Trinajstić information content (AvgIpc) is 3.46. The third-order valence-corrected chi connectivity index (χ3v) is 6.44. The number of rotatable bonds is 11. The quantitative estimate of drug-likeness (QED) is 0.179. The van der Waals surface area contributed by atoms with Crippen LogP contribution < -0.4 is 10.6 Å². The zero-order chi connectivity index (χ0) is 30.3. The van der Waals surface area contributed by atoms with Crippen molar-refractivity contribution < 1.29 is 33.7 Å². The summed E-state index contributed by atoms with van der Waals surface area (Å²) in [5.41, 5.74) is 3.09. The minimum Gasteiger partial charge on any atom is -0.445 e. The van der Waals surface area contributed by atoms with Crippen LogP contribution in [0.1, 0.15) is 56.7 Å². The first-order chi connectivity index (χ1) is 20.3. The maximum atomic E-state index is 12.0. The fourth-order valence-corrected chi connectivity index (χ4v) is 3.99. The minimum absolute atomic E-state index is 0.169. The van der Waals surface area contributed by atoms with Crippen LogP contribution in [0, 0.1) is 0 Å². The number of oxazole rings is 1. The molecule has 4 N–H and O–H groups in total. The molecule has 10 nitrogen and oxygen atoms in total. The molecule has 10 heteroatoms. The number of hydrogen-bond acceptors (Lipinski definition) is 8. The van der Waals surface area contributed by atoms with Crippen LogP contribution >= 0.6 is 0 Å². The summed E-state index contributed by atoms with van der Waals surface area (Å²) in [6.45, 7) is 5.81. The Morgan fingerprint density at radius 2 is 1.24 bits per heavy atom. The number of nitrogens with zero attached hydrogens (tertiary/aromatic N) is 1. The largest absolute Gasteiger partial charge is 0.445 e. The van der Waals surface area contributed by atoms with Gasteiger partial charge in [0.1, 0.15) is 18.7 Å². The monoisotopic (exact) mass is 577 g/mol. The summed E-state index contributed by atoms with van der Waals surface area (Å²) in [4.78, 5) is 27.7. The van der Waals surface area contributed by atoms with Gasteiger partial charge < -0.3 is 34.7 Å². The highest BCUT2D eigenvalue weighted by Crippen LogP contribution is 2.23. The number of para-hydroxylation sites is 2. The predicted octanol–water partition coefficient (Wildman–Crippen LogP) is 5.64. The molecule has 4 aromatic rings. The molecule has 42 heavy (non-hydrogen) atoms. The van der Waals surface area contributed by atoms with Crippen molar-refractivity contribution in [1.29, 1.82) is 0 Å². The van der Waals surface area contributed by atoms with Crippen molar-refractivity contribution in [3.63, 3.8) is 0 Å². The Morgan fingerprint density at radius 3 is 1.71 bits per heavy atom. The van der Waals surface area contributed by atoms with Gasteiger partial charge in [0.2, 0.25) is 5.89 Å². The van der Waals surface area contributed by atoms with Crippen LogP contribution in [0.2, 0.25) is 0 Å². The molecule has 0 fully saturated rings. The summed E-state index contributed by atoms with van der Waals surface area (Å²) in [6.07, 6.45) is -1.56. The van der Waals surface area contributed by atoms with Crippen molar-refractivity contribution in [2.45, 2.75) is 71.1 Å². The predicted molar refractivity (Wildman–Crippen MR) is 158 cm³/mol. The highest BCUT2D eigenvalue weighted by atomic mass is 16.6. The van der Waals surface area contributed by atoms with E-state index in [0.29, 0.717) is 23.9 Å². The van der Waals surface area contributed by atoms with Gasteiger partial charge in [0.15, 0.2) is 11.7 Å². The molecule has 0 bridgehead atoms. The van der Waals surface area contributed by atoms with Crippen molar-refractivity contribution in [1.82, 2.24) is 15.6 Å². The standard InChI is InChI=1S/C19H20N2O4.C13H19NO3/c1-2-14(21-19(23)24-12-13-8-4-3-5-9-13)17(22)18-20-15-10-6-7-11-16(15)25-18;1-3-12(10(2)15)14-13(16)17-9-11-7-5-4-6-8-11/h3-11,14,17,22H,2,12H2,1H3,(H,21,23);4-8,10,12,15H,3,9H2,1-2H3,(H,14,16)/t14-,17?;10-,12-/m00/s1. The van der Waals surface area contributed by atoms with Crippen LogP contribution in [0.15, 0.2) is 89.3 Å². The molecule has 0 spiro atoms. The molecule has 4 rings (SSSR count). The lowest BCUT2D eigenvalue weighted by molar-refractivity contribution is 0.0849. The molecule has 0 aliphatic heterocycles. The van der Waals surface area contributed by atoms with Gasteiger partial charge in [-0.2, -0.15) is 0 Å². The molecule has 0 saturated carbocycles. The number of fused-ring (bicyclic) bond motifs is 1. The SMILES string of the molecule is CC[C@H](NC(=O)OCc1ccccc1)C(O)c1nc2ccccc2o1.CC[C@H](NC(=O)OCc1ccccc1)[C@H](C)O. The molecule has 224 valence electrons. The van der Waals surface area contributed by atoms with Crippen LogP contribution in [0.3, 0.4) is 0 Å². The smallest absolute Gasteiger partial charge is 0.407 e. The Hall–Kier alpha value is -4.41. The number of amides is 2. The van der Waals surface area contributed by atoms with Gasteiger partial charge in [0, 0.05) is 0 Å². The number of aromatic nitrogens is 1. The van der Waals surface area contributed by atoms with Gasteiger partial charge in [-0.1, -0.05) is 86.6 Å². The number of ether oxygens (including phenoxy) is 2. The first kappa shape index (κ1) is 32.1. The van der Waals surface area contributed by atoms with Gasteiger partial charge in [-0.15, -0.1) is 0 Å². The molecular weight excluding hydrogens is 538 g/mol. The number of aliphatic hydroxyl groups is 2. The number of aliphatic hydroxyl groups excluding tert-OH is 2. The van der Waals surface area contributed by atoms with Gasteiger partial charge in [-0.05, 0) is 43.0 Å². The third kappa shape index (κ3) is 10.2. The van der Waals surface area contributed by atoms with E-state index in [1.807, 2.05) is 86.6 Å². The fraction of sp³-hybridized carbons (Fsp3) is 0.344. The normalized spacial score (nSPS) is 13.5. The summed E-state index contributed by atoms with van der Waals surface area (Å²) in [7, 11) is 0. The maximum Gasteiger partial charge on any atom is 0.407 e. The second kappa shape index (κ2) is 16.8. The lowest BCUT2D eigenvalue weighted by atomic mass is 10.1. The Kier molecular flexibility index (Phi) is 12.8. The zero-order valence-corrected chi connectivity index (χ0v) is 24.1. The zero-order valence-electron chi connectivity index (χ0n) is 24.1. The molecule has 0 saturated heterocycles. The molecule has 0 radical (unpaired) electrons. The van der Waals surface area contributed by atoms with Crippen molar-refractivity contribution in [3.8, 4) is 0 Å². The molecule has 4 atom stereocenters. The Morgan fingerprint density at radius 1 is 0.762 bits per heavy atom. The second-order valence-electron chi connectivity index (χ2n) is 9.65. The van der Waals surface area contributed by atoms with Crippen LogP contribution in [0.4, 0.5) is 9.59 Å². The van der Waals surface area contributed by atoms with Gasteiger partial charge >= 0.3 is 12.2 Å². The van der Waals surface area contributed by atoms with Crippen LogP contribution in [0.5, 0.6) is 0 Å². The molecule has 1 unspecified atom stereocenters. The van der Waals surface area contributed by atoms with Gasteiger partial charge in [-0.25, -0.2) is 14.6 Å². The summed E-state index contributed by atoms with van der Waals surface area (Å²) in [6, 6.07) is 25.3. The van der Waals surface area contributed by atoms with E-state index in [4.69, 9.17) is 13.9 Å². The van der Waals surface area contributed by atoms with Crippen LogP contribution in [-0.2, 0) is 22.7 Å². The molecule has 0 aliphatic rings. The number of nitrogens with one attached hydrogen (secondary N) is 2. The molecule has 0 aliphatic carbocycles. The van der Waals surface area contributed by atoms with Crippen molar-refractivity contribution in [2.75, 3.05) is 0 Å². The first-order valence-electron chi connectivity index (χ1n) is 14.0. The highest BCUT2D eigenvalue weighted by Gasteiger charge is 2.26. The van der Waals surface area contributed by atoms with E-state index < -0.39 is 30.4 Å². The highest BCUT2D eigenvalue weighted by molar-refractivity contribution is 5.72. The number of hydrogen-bond donors (Lipinski definition) is 4. The summed E-state index contributed by atoms with van der Waals surface area (Å²) in [5, 5.41) is 25.2. The first-order valence-corrected chi connectivity index (χ1v) is 14.0. The molecule has 1 heterocycles. The molecule has 2 amide bonds. The molecule has 1 aromatic heterocycles. The topological polar surface area (TPSA) is 143 Å². The Labute approximate surface area is 245 Å². The van der Waals surface area contributed by atoms with E-state index in [1.54, 1.807) is 19.1 Å². The maximum absolute atomic E-state index is 12.0. The second-order valence-corrected chi connectivity index (χ2v) is 9.65. The summed E-state index contributed by atoms with van der Waals surface area (Å²) >= 11 is 0. The number of alkyl carbamates (subject to hydrolysis) is 2. The fourth-order valence-electron chi connectivity index (χ4n) is 3.99.